The number of nitro benzene ring substituents is 1. The molecule has 0 spiro atoms. The van der Waals surface area contributed by atoms with Gasteiger partial charge in [-0.3, -0.25) is 10.1 Å². The van der Waals surface area contributed by atoms with Gasteiger partial charge in [0.2, 0.25) is 0 Å². The van der Waals surface area contributed by atoms with Gasteiger partial charge in [0.05, 0.1) is 4.92 Å². The van der Waals surface area contributed by atoms with E-state index in [0.717, 1.165) is 0 Å². The third kappa shape index (κ3) is 2.65. The fourth-order valence-electron chi connectivity index (χ4n) is 1.55. The molecule has 0 bridgehead atoms. The topological polar surface area (TPSA) is 78.4 Å². The average Bonchev–Trinajstić information content (AvgIpc) is 2.73. The van der Waals surface area contributed by atoms with Crippen molar-refractivity contribution in [2.75, 3.05) is 0 Å². The minimum Gasteiger partial charge on any atom is -0.487 e. The SMILES string of the molecule is Cc1cc(COc2ccc([N+](=O)[O-])cc2C)no1. The second-order valence-corrected chi connectivity index (χ2v) is 3.92. The lowest BCUT2D eigenvalue weighted by atomic mass is 10.2. The maximum atomic E-state index is 10.6. The Morgan fingerprint density at radius 3 is 2.72 bits per heavy atom. The molecule has 6 heteroatoms. The molecule has 0 saturated carbocycles. The number of aromatic nitrogens is 1. The van der Waals surface area contributed by atoms with Crippen LogP contribution >= 0.6 is 0 Å². The lowest BCUT2D eigenvalue weighted by Crippen LogP contribution is -1.98. The molecule has 0 amide bonds. The van der Waals surface area contributed by atoms with Crippen LogP contribution in [0.15, 0.2) is 28.8 Å². The molecule has 0 saturated heterocycles. The van der Waals surface area contributed by atoms with Crippen LogP contribution in [0.25, 0.3) is 0 Å². The normalized spacial score (nSPS) is 10.3. The Labute approximate surface area is 103 Å². The van der Waals surface area contributed by atoms with Gasteiger partial charge in [0.1, 0.15) is 23.8 Å². The van der Waals surface area contributed by atoms with Crippen LogP contribution in [0.4, 0.5) is 5.69 Å². The van der Waals surface area contributed by atoms with Gasteiger partial charge in [-0.1, -0.05) is 5.16 Å². The first-order valence-electron chi connectivity index (χ1n) is 5.36. The zero-order valence-electron chi connectivity index (χ0n) is 10.0. The van der Waals surface area contributed by atoms with E-state index in [2.05, 4.69) is 5.16 Å². The first kappa shape index (κ1) is 12.1. The Hall–Kier alpha value is -2.37. The Balaban J connectivity index is 2.08. The van der Waals surface area contributed by atoms with Crippen LogP contribution in [-0.4, -0.2) is 10.1 Å². The van der Waals surface area contributed by atoms with E-state index >= 15 is 0 Å². The maximum absolute atomic E-state index is 10.6. The summed E-state index contributed by atoms with van der Waals surface area (Å²) in [5, 5.41) is 14.4. The zero-order valence-corrected chi connectivity index (χ0v) is 10.0. The number of hydrogen-bond donors (Lipinski definition) is 0. The molecule has 1 heterocycles. The van der Waals surface area contributed by atoms with Crippen LogP contribution < -0.4 is 4.74 Å². The summed E-state index contributed by atoms with van der Waals surface area (Å²) >= 11 is 0. The molecule has 2 aromatic rings. The van der Waals surface area contributed by atoms with Gasteiger partial charge in [0.25, 0.3) is 5.69 Å². The van der Waals surface area contributed by atoms with Crippen LogP contribution in [-0.2, 0) is 6.61 Å². The van der Waals surface area contributed by atoms with Gasteiger partial charge in [-0.2, -0.15) is 0 Å². The third-order valence-electron chi connectivity index (χ3n) is 2.42. The predicted octanol–water partition coefficient (Wildman–Crippen LogP) is 2.78. The highest BCUT2D eigenvalue weighted by molar-refractivity contribution is 5.42. The van der Waals surface area contributed by atoms with Gasteiger partial charge in [0.15, 0.2) is 0 Å². The smallest absolute Gasteiger partial charge is 0.269 e. The van der Waals surface area contributed by atoms with E-state index in [1.807, 2.05) is 0 Å². The van der Waals surface area contributed by atoms with Crippen molar-refractivity contribution < 1.29 is 14.2 Å². The summed E-state index contributed by atoms with van der Waals surface area (Å²) in [5.41, 5.74) is 1.45. The van der Waals surface area contributed by atoms with E-state index in [1.54, 1.807) is 26.0 Å². The largest absolute Gasteiger partial charge is 0.487 e. The molecule has 0 aliphatic carbocycles. The van der Waals surface area contributed by atoms with Gasteiger partial charge >= 0.3 is 0 Å². The van der Waals surface area contributed by atoms with Crippen LogP contribution in [0.2, 0.25) is 0 Å². The highest BCUT2D eigenvalue weighted by atomic mass is 16.6. The molecule has 0 radical (unpaired) electrons. The number of nitrogens with zero attached hydrogens (tertiary/aromatic N) is 2. The molecule has 6 nitrogen and oxygen atoms in total. The molecule has 0 aliphatic rings. The van der Waals surface area contributed by atoms with Crippen molar-refractivity contribution in [2.24, 2.45) is 0 Å². The van der Waals surface area contributed by atoms with Gasteiger partial charge in [-0.25, -0.2) is 0 Å². The number of non-ortho nitro benzene ring substituents is 1. The summed E-state index contributed by atoms with van der Waals surface area (Å²) in [6.07, 6.45) is 0. The molecular weight excluding hydrogens is 236 g/mol. The predicted molar refractivity (Wildman–Crippen MR) is 63.4 cm³/mol. The van der Waals surface area contributed by atoms with Gasteiger partial charge in [-0.15, -0.1) is 0 Å². The second kappa shape index (κ2) is 4.87. The Morgan fingerprint density at radius 1 is 1.39 bits per heavy atom. The second-order valence-electron chi connectivity index (χ2n) is 3.92. The first-order chi connectivity index (χ1) is 8.56. The summed E-state index contributed by atoms with van der Waals surface area (Å²) in [6, 6.07) is 6.25. The molecule has 2 rings (SSSR count). The molecule has 0 unspecified atom stereocenters. The monoisotopic (exact) mass is 248 g/mol. The number of ether oxygens (including phenoxy) is 1. The number of hydrogen-bond acceptors (Lipinski definition) is 5. The van der Waals surface area contributed by atoms with Crippen molar-refractivity contribution in [3.8, 4) is 5.75 Å². The molecular formula is C12H12N2O4. The third-order valence-corrected chi connectivity index (χ3v) is 2.42. The van der Waals surface area contributed by atoms with Crippen molar-refractivity contribution >= 4 is 5.69 Å². The van der Waals surface area contributed by atoms with E-state index in [0.29, 0.717) is 22.8 Å². The molecule has 0 fully saturated rings. The highest BCUT2D eigenvalue weighted by Gasteiger charge is 2.09. The fourth-order valence-corrected chi connectivity index (χ4v) is 1.55. The summed E-state index contributed by atoms with van der Waals surface area (Å²) in [5.74, 6) is 1.32. The Morgan fingerprint density at radius 2 is 2.17 bits per heavy atom. The number of aryl methyl sites for hydroxylation is 2. The van der Waals surface area contributed by atoms with Crippen molar-refractivity contribution in [1.29, 1.82) is 0 Å². The molecule has 0 aliphatic heterocycles. The van der Waals surface area contributed by atoms with Crippen LogP contribution in [0.1, 0.15) is 17.0 Å². The van der Waals surface area contributed by atoms with Gasteiger partial charge in [-0.05, 0) is 25.5 Å². The minimum absolute atomic E-state index is 0.0529. The van der Waals surface area contributed by atoms with Crippen molar-refractivity contribution in [2.45, 2.75) is 20.5 Å². The number of benzene rings is 1. The molecule has 1 aromatic carbocycles. The van der Waals surface area contributed by atoms with Gasteiger partial charge in [0, 0.05) is 18.2 Å². The maximum Gasteiger partial charge on any atom is 0.269 e. The van der Waals surface area contributed by atoms with E-state index in [9.17, 15) is 10.1 Å². The van der Waals surface area contributed by atoms with E-state index in [1.165, 1.54) is 12.1 Å². The fraction of sp³-hybridized carbons (Fsp3) is 0.250. The Bertz CT molecular complexity index is 577. The summed E-state index contributed by atoms with van der Waals surface area (Å²) < 4.78 is 10.4. The van der Waals surface area contributed by atoms with Crippen molar-refractivity contribution in [1.82, 2.24) is 5.16 Å². The van der Waals surface area contributed by atoms with Crippen molar-refractivity contribution in [3.05, 3.63) is 51.4 Å². The molecule has 0 atom stereocenters. The average molecular weight is 248 g/mol. The minimum atomic E-state index is -0.433. The van der Waals surface area contributed by atoms with Crippen molar-refractivity contribution in [3.63, 3.8) is 0 Å². The Kier molecular flexibility index (Phi) is 3.27. The lowest BCUT2D eigenvalue weighted by Gasteiger charge is -2.06. The number of rotatable bonds is 4. The van der Waals surface area contributed by atoms with E-state index < -0.39 is 4.92 Å². The summed E-state index contributed by atoms with van der Waals surface area (Å²) in [6.45, 7) is 3.83. The van der Waals surface area contributed by atoms with Crippen LogP contribution in [0.3, 0.4) is 0 Å². The molecule has 18 heavy (non-hydrogen) atoms. The first-order valence-corrected chi connectivity index (χ1v) is 5.36. The summed E-state index contributed by atoms with van der Waals surface area (Å²) in [7, 11) is 0. The molecule has 0 N–H and O–H groups in total. The van der Waals surface area contributed by atoms with E-state index in [-0.39, 0.29) is 12.3 Å². The number of nitro groups is 1. The van der Waals surface area contributed by atoms with Gasteiger partial charge < -0.3 is 9.26 Å². The zero-order chi connectivity index (χ0) is 13.1. The quantitative estimate of drug-likeness (QED) is 0.614. The van der Waals surface area contributed by atoms with Crippen LogP contribution in [0, 0.1) is 24.0 Å². The summed E-state index contributed by atoms with van der Waals surface area (Å²) in [4.78, 5) is 10.2. The lowest BCUT2D eigenvalue weighted by molar-refractivity contribution is -0.384. The molecule has 94 valence electrons. The van der Waals surface area contributed by atoms with Crippen LogP contribution in [0.5, 0.6) is 5.75 Å². The molecule has 1 aromatic heterocycles. The standard InChI is InChI=1S/C12H12N2O4/c1-8-5-11(14(15)16)3-4-12(8)17-7-10-6-9(2)18-13-10/h3-6H,7H2,1-2H3. The van der Waals surface area contributed by atoms with E-state index in [4.69, 9.17) is 9.26 Å². The highest BCUT2D eigenvalue weighted by Crippen LogP contribution is 2.23.